The van der Waals surface area contributed by atoms with Crippen molar-refractivity contribution in [1.29, 1.82) is 0 Å². The lowest BCUT2D eigenvalue weighted by Gasteiger charge is -2.33. The van der Waals surface area contributed by atoms with E-state index in [-0.39, 0.29) is 11.4 Å². The minimum Gasteiger partial charge on any atom is -0.369 e. The molecule has 1 saturated carbocycles. The van der Waals surface area contributed by atoms with Gasteiger partial charge in [0.2, 0.25) is 10.0 Å². The van der Waals surface area contributed by atoms with Gasteiger partial charge in [0.15, 0.2) is 5.13 Å². The third kappa shape index (κ3) is 4.16. The van der Waals surface area contributed by atoms with Gasteiger partial charge in [0.05, 0.1) is 23.2 Å². The van der Waals surface area contributed by atoms with E-state index in [1.54, 1.807) is 4.31 Å². The van der Waals surface area contributed by atoms with Gasteiger partial charge in [0.25, 0.3) is 0 Å². The van der Waals surface area contributed by atoms with Gasteiger partial charge in [-0.05, 0) is 31.9 Å². The van der Waals surface area contributed by atoms with Crippen LogP contribution in [0.1, 0.15) is 43.2 Å². The number of nitrogens with one attached hydrogen (secondary N) is 1. The topological polar surface area (TPSA) is 84.4 Å². The van der Waals surface area contributed by atoms with Crippen molar-refractivity contribution in [1.82, 2.24) is 14.3 Å². The van der Waals surface area contributed by atoms with Crippen LogP contribution in [0.4, 0.5) is 10.9 Å². The van der Waals surface area contributed by atoms with E-state index in [1.165, 1.54) is 11.3 Å². The summed E-state index contributed by atoms with van der Waals surface area (Å²) in [6, 6.07) is 5.66. The molecule has 4 rings (SSSR count). The van der Waals surface area contributed by atoms with Gasteiger partial charge >= 0.3 is 0 Å². The van der Waals surface area contributed by atoms with E-state index in [9.17, 15) is 8.42 Å². The zero-order valence-electron chi connectivity index (χ0n) is 15.3. The number of pyridine rings is 1. The Kier molecular flexibility index (Phi) is 5.45. The van der Waals surface area contributed by atoms with E-state index in [2.05, 4.69) is 15.3 Å². The van der Waals surface area contributed by atoms with Crippen molar-refractivity contribution in [3.8, 4) is 0 Å². The predicted octanol–water partition coefficient (Wildman–Crippen LogP) is 3.24. The third-order valence-corrected chi connectivity index (χ3v) is 8.31. The molecule has 2 aromatic heterocycles. The minimum absolute atomic E-state index is 0.231. The zero-order valence-corrected chi connectivity index (χ0v) is 16.9. The first-order valence-corrected chi connectivity index (χ1v) is 11.7. The van der Waals surface area contributed by atoms with Gasteiger partial charge < -0.3 is 10.1 Å². The zero-order chi connectivity index (χ0) is 18.9. The Hall–Kier alpha value is -1.55. The number of hydrogen-bond acceptors (Lipinski definition) is 7. The van der Waals surface area contributed by atoms with Crippen LogP contribution in [-0.4, -0.2) is 47.6 Å². The highest BCUT2D eigenvalue weighted by Crippen LogP contribution is 2.31. The van der Waals surface area contributed by atoms with Crippen LogP contribution >= 0.6 is 11.3 Å². The lowest BCUT2D eigenvalue weighted by molar-refractivity contribution is -0.00512. The Labute approximate surface area is 163 Å². The van der Waals surface area contributed by atoms with Crippen LogP contribution in [0.25, 0.3) is 0 Å². The molecule has 1 atom stereocenters. The van der Waals surface area contributed by atoms with E-state index in [0.717, 1.165) is 42.2 Å². The minimum atomic E-state index is -3.26. The Balaban J connectivity index is 1.48. The van der Waals surface area contributed by atoms with Gasteiger partial charge in [-0.1, -0.05) is 18.9 Å². The summed E-state index contributed by atoms with van der Waals surface area (Å²) in [6.07, 6.45) is 3.20. The van der Waals surface area contributed by atoms with Gasteiger partial charge in [-0.2, -0.15) is 4.31 Å². The Morgan fingerprint density at radius 2 is 2.07 bits per heavy atom. The van der Waals surface area contributed by atoms with Crippen molar-refractivity contribution in [3.05, 3.63) is 35.0 Å². The highest BCUT2D eigenvalue weighted by molar-refractivity contribution is 7.89. The normalized spacial score (nSPS) is 22.2. The quantitative estimate of drug-likeness (QED) is 0.818. The van der Waals surface area contributed by atoms with Crippen LogP contribution in [0.15, 0.2) is 23.6 Å². The number of sulfonamides is 1. The molecule has 0 aromatic carbocycles. The van der Waals surface area contributed by atoms with Gasteiger partial charge in [0.1, 0.15) is 11.9 Å². The molecule has 2 fully saturated rings. The van der Waals surface area contributed by atoms with Crippen LogP contribution in [0, 0.1) is 6.92 Å². The van der Waals surface area contributed by atoms with Gasteiger partial charge in [0, 0.05) is 18.5 Å². The highest BCUT2D eigenvalue weighted by atomic mass is 32.2. The van der Waals surface area contributed by atoms with Crippen LogP contribution in [0.3, 0.4) is 0 Å². The molecule has 3 heterocycles. The van der Waals surface area contributed by atoms with E-state index in [0.29, 0.717) is 25.5 Å². The Bertz CT molecular complexity index is 894. The van der Waals surface area contributed by atoms with E-state index in [4.69, 9.17) is 4.74 Å². The molecule has 7 nitrogen and oxygen atoms in total. The molecule has 2 aromatic rings. The summed E-state index contributed by atoms with van der Waals surface area (Å²) in [7, 11) is -3.26. The molecule has 1 aliphatic heterocycles. The van der Waals surface area contributed by atoms with Crippen LogP contribution in [0.2, 0.25) is 0 Å². The summed E-state index contributed by atoms with van der Waals surface area (Å²) in [5.74, 6) is 0.682. The average molecular weight is 409 g/mol. The molecule has 0 spiro atoms. The SMILES string of the molecule is Cc1csc(Nc2cccc(C3CN(S(=O)(=O)C4CCCC4)CCO3)n2)n1. The number of hydrogen-bond donors (Lipinski definition) is 1. The summed E-state index contributed by atoms with van der Waals surface area (Å²) >= 11 is 1.52. The number of anilines is 2. The standard InChI is InChI=1S/C18H24N4O3S2/c1-13-12-26-18(19-13)21-17-8-4-7-15(20-17)16-11-22(9-10-25-16)27(23,24)14-5-2-3-6-14/h4,7-8,12,14,16H,2-3,5-6,9-11H2,1H3,(H,19,20,21). The van der Waals surface area contributed by atoms with E-state index < -0.39 is 10.0 Å². The second kappa shape index (κ2) is 7.83. The fraction of sp³-hybridized carbons (Fsp3) is 0.556. The molecule has 1 saturated heterocycles. The van der Waals surface area contributed by atoms with Crippen molar-refractivity contribution in [2.75, 3.05) is 25.0 Å². The van der Waals surface area contributed by atoms with Crippen molar-refractivity contribution in [2.45, 2.75) is 44.0 Å². The number of aryl methyl sites for hydroxylation is 1. The smallest absolute Gasteiger partial charge is 0.217 e. The first-order valence-electron chi connectivity index (χ1n) is 9.29. The van der Waals surface area contributed by atoms with Gasteiger partial charge in [-0.15, -0.1) is 11.3 Å². The largest absolute Gasteiger partial charge is 0.369 e. The van der Waals surface area contributed by atoms with Gasteiger partial charge in [-0.25, -0.2) is 18.4 Å². The first kappa shape index (κ1) is 18.8. The maximum absolute atomic E-state index is 12.9. The predicted molar refractivity (Wildman–Crippen MR) is 106 cm³/mol. The molecule has 0 radical (unpaired) electrons. The maximum atomic E-state index is 12.9. The van der Waals surface area contributed by atoms with Gasteiger partial charge in [-0.3, -0.25) is 0 Å². The second-order valence-corrected chi connectivity index (χ2v) is 10.1. The highest BCUT2D eigenvalue weighted by Gasteiger charge is 2.37. The summed E-state index contributed by atoms with van der Waals surface area (Å²) < 4.78 is 33.3. The Morgan fingerprint density at radius 1 is 1.26 bits per heavy atom. The summed E-state index contributed by atoms with van der Waals surface area (Å²) in [4.78, 5) is 9.01. The van der Waals surface area contributed by atoms with Crippen molar-refractivity contribution in [2.24, 2.45) is 0 Å². The fourth-order valence-electron chi connectivity index (χ4n) is 3.65. The molecule has 1 N–H and O–H groups in total. The Morgan fingerprint density at radius 3 is 2.81 bits per heavy atom. The van der Waals surface area contributed by atoms with E-state index >= 15 is 0 Å². The maximum Gasteiger partial charge on any atom is 0.217 e. The molecule has 0 amide bonds. The molecule has 2 aliphatic rings. The number of thiazole rings is 1. The lowest BCUT2D eigenvalue weighted by Crippen LogP contribution is -2.45. The number of aromatic nitrogens is 2. The van der Waals surface area contributed by atoms with Crippen LogP contribution < -0.4 is 5.32 Å². The number of nitrogens with zero attached hydrogens (tertiary/aromatic N) is 3. The molecular weight excluding hydrogens is 384 g/mol. The molecule has 1 aliphatic carbocycles. The summed E-state index contributed by atoms with van der Waals surface area (Å²) in [5.41, 5.74) is 1.70. The van der Waals surface area contributed by atoms with E-state index in [1.807, 2.05) is 30.5 Å². The third-order valence-electron chi connectivity index (χ3n) is 5.07. The number of ether oxygens (including phenoxy) is 1. The van der Waals surface area contributed by atoms with Crippen LogP contribution in [-0.2, 0) is 14.8 Å². The number of morpholine rings is 1. The average Bonchev–Trinajstić information content (AvgIpc) is 3.34. The molecule has 1 unspecified atom stereocenters. The van der Waals surface area contributed by atoms with Crippen molar-refractivity contribution >= 4 is 32.3 Å². The lowest BCUT2D eigenvalue weighted by atomic mass is 10.2. The summed E-state index contributed by atoms with van der Waals surface area (Å²) in [6.45, 7) is 3.08. The monoisotopic (exact) mass is 408 g/mol. The number of rotatable bonds is 5. The molecular formula is C18H24N4O3S2. The van der Waals surface area contributed by atoms with Crippen LogP contribution in [0.5, 0.6) is 0 Å². The molecule has 146 valence electrons. The fourth-order valence-corrected chi connectivity index (χ4v) is 6.37. The van der Waals surface area contributed by atoms with Crippen molar-refractivity contribution < 1.29 is 13.2 Å². The molecule has 0 bridgehead atoms. The first-order chi connectivity index (χ1) is 13.0. The van der Waals surface area contributed by atoms with Crippen molar-refractivity contribution in [3.63, 3.8) is 0 Å². The molecule has 27 heavy (non-hydrogen) atoms. The second-order valence-electron chi connectivity index (χ2n) is 7.04. The summed E-state index contributed by atoms with van der Waals surface area (Å²) in [5, 5.41) is 5.73. The molecule has 9 heteroatoms.